The van der Waals surface area contributed by atoms with Gasteiger partial charge in [0.1, 0.15) is 0 Å². The third-order valence-corrected chi connectivity index (χ3v) is 6.62. The first-order valence-corrected chi connectivity index (χ1v) is 12.9. The molecule has 40 heavy (non-hydrogen) atoms. The van der Waals surface area contributed by atoms with Gasteiger partial charge in [0.25, 0.3) is 5.91 Å². The molecule has 2 N–H and O–H groups in total. The summed E-state index contributed by atoms with van der Waals surface area (Å²) in [7, 11) is 0. The van der Waals surface area contributed by atoms with E-state index in [0.29, 0.717) is 17.7 Å². The van der Waals surface area contributed by atoms with Crippen molar-refractivity contribution in [2.45, 2.75) is 19.0 Å². The van der Waals surface area contributed by atoms with Crippen molar-refractivity contribution in [2.75, 3.05) is 0 Å². The zero-order chi connectivity index (χ0) is 27.7. The van der Waals surface area contributed by atoms with Gasteiger partial charge in [-0.25, -0.2) is 5.43 Å². The molecule has 0 aliphatic rings. The average Bonchev–Trinajstić information content (AvgIpc) is 3.35. The number of nitriles is 1. The summed E-state index contributed by atoms with van der Waals surface area (Å²) in [5.41, 5.74) is 7.35. The number of hydrazone groups is 1. The largest absolute Gasteiger partial charge is 0.345 e. The number of nitrogens with zero attached hydrogens (tertiary/aromatic N) is 3. The zero-order valence-electron chi connectivity index (χ0n) is 21.7. The van der Waals surface area contributed by atoms with Crippen molar-refractivity contribution in [1.82, 2.24) is 15.3 Å². The number of hydrogen-bond donors (Lipinski definition) is 2. The van der Waals surface area contributed by atoms with Crippen LogP contribution in [0.1, 0.15) is 45.1 Å². The molecule has 1 aromatic heterocycles. The van der Waals surface area contributed by atoms with Crippen LogP contribution in [0.2, 0.25) is 0 Å². The van der Waals surface area contributed by atoms with Gasteiger partial charge in [0, 0.05) is 34.8 Å². The van der Waals surface area contributed by atoms with Crippen molar-refractivity contribution >= 4 is 28.9 Å². The van der Waals surface area contributed by atoms with Crippen molar-refractivity contribution < 1.29 is 9.59 Å². The normalized spacial score (nSPS) is 11.7. The maximum Gasteiger partial charge on any atom is 0.251 e. The Labute approximate surface area is 232 Å². The quantitative estimate of drug-likeness (QED) is 0.194. The van der Waals surface area contributed by atoms with E-state index < -0.39 is 6.04 Å². The minimum absolute atomic E-state index is 0.0205. The predicted octanol–water partition coefficient (Wildman–Crippen LogP) is 5.57. The van der Waals surface area contributed by atoms with Gasteiger partial charge in [-0.05, 0) is 35.4 Å². The molecule has 4 aromatic carbocycles. The number of carbonyl (C=O) groups excluding carboxylic acids is 2. The second-order valence-electron chi connectivity index (χ2n) is 9.30. The van der Waals surface area contributed by atoms with Crippen LogP contribution in [0.15, 0.2) is 120 Å². The monoisotopic (exact) mass is 525 g/mol. The molecule has 5 rings (SSSR count). The molecule has 5 aromatic rings. The molecule has 0 saturated heterocycles. The van der Waals surface area contributed by atoms with Crippen molar-refractivity contribution in [1.29, 1.82) is 5.26 Å². The summed E-state index contributed by atoms with van der Waals surface area (Å²) in [4.78, 5) is 25.7. The average molecular weight is 526 g/mol. The summed E-state index contributed by atoms with van der Waals surface area (Å²) in [6, 6.07) is 35.5. The summed E-state index contributed by atoms with van der Waals surface area (Å²) in [5.74, 6) is -0.582. The number of nitrogens with one attached hydrogen (secondary N) is 2. The number of aromatic nitrogens is 1. The highest BCUT2D eigenvalue weighted by Gasteiger charge is 2.19. The van der Waals surface area contributed by atoms with Crippen LogP contribution in [0.25, 0.3) is 10.9 Å². The number of amides is 2. The molecule has 0 aliphatic carbocycles. The smallest absolute Gasteiger partial charge is 0.251 e. The molecule has 1 atom stereocenters. The number of para-hydroxylation sites is 1. The van der Waals surface area contributed by atoms with E-state index in [-0.39, 0.29) is 18.2 Å². The lowest BCUT2D eigenvalue weighted by Gasteiger charge is -2.18. The van der Waals surface area contributed by atoms with Crippen LogP contribution in [-0.4, -0.2) is 22.6 Å². The predicted molar refractivity (Wildman–Crippen MR) is 156 cm³/mol. The molecule has 0 unspecified atom stereocenters. The van der Waals surface area contributed by atoms with Crippen LogP contribution in [0.4, 0.5) is 0 Å². The molecule has 0 aliphatic heterocycles. The van der Waals surface area contributed by atoms with Crippen LogP contribution in [0.3, 0.4) is 0 Å². The lowest BCUT2D eigenvalue weighted by atomic mass is 10.0. The molecule has 0 spiro atoms. The Bertz CT molecular complexity index is 1700. The van der Waals surface area contributed by atoms with Gasteiger partial charge in [0.2, 0.25) is 5.91 Å². The molecule has 196 valence electrons. The van der Waals surface area contributed by atoms with Gasteiger partial charge in [-0.2, -0.15) is 10.4 Å². The fourth-order valence-corrected chi connectivity index (χ4v) is 4.63. The molecule has 7 nitrogen and oxygen atoms in total. The number of rotatable bonds is 9. The van der Waals surface area contributed by atoms with Gasteiger partial charge in [-0.15, -0.1) is 0 Å². The lowest BCUT2D eigenvalue weighted by molar-refractivity contribution is -0.121. The SMILES string of the molecule is N#Cc1ccccc1Cn1cc(/C=N\NC(=O)C[C@H](NC(=O)c2ccccc2)c2ccccc2)c2ccccc21. The molecule has 7 heteroatoms. The summed E-state index contributed by atoms with van der Waals surface area (Å²) in [6.45, 7) is 0.532. The number of hydrogen-bond acceptors (Lipinski definition) is 4. The lowest BCUT2D eigenvalue weighted by Crippen LogP contribution is -2.32. The summed E-state index contributed by atoms with van der Waals surface area (Å²) < 4.78 is 2.07. The topological polar surface area (TPSA) is 99.3 Å². The number of carbonyl (C=O) groups is 2. The van der Waals surface area contributed by atoms with Crippen LogP contribution in [0, 0.1) is 11.3 Å². The molecule has 2 amide bonds. The van der Waals surface area contributed by atoms with Gasteiger partial charge in [-0.1, -0.05) is 84.9 Å². The highest BCUT2D eigenvalue weighted by molar-refractivity contribution is 6.00. The summed E-state index contributed by atoms with van der Waals surface area (Å²) >= 11 is 0. The highest BCUT2D eigenvalue weighted by atomic mass is 16.2. The Balaban J connectivity index is 1.31. The van der Waals surface area contributed by atoms with E-state index >= 15 is 0 Å². The van der Waals surface area contributed by atoms with Crippen molar-refractivity contribution in [3.63, 3.8) is 0 Å². The van der Waals surface area contributed by atoms with E-state index in [2.05, 4.69) is 26.5 Å². The van der Waals surface area contributed by atoms with Crippen LogP contribution >= 0.6 is 0 Å². The molecule has 0 saturated carbocycles. The van der Waals surface area contributed by atoms with E-state index in [1.54, 1.807) is 30.5 Å². The fourth-order valence-electron chi connectivity index (χ4n) is 4.63. The Kier molecular flexibility index (Phi) is 8.09. The van der Waals surface area contributed by atoms with Gasteiger partial charge in [0.15, 0.2) is 0 Å². The Morgan fingerprint density at radius 1 is 0.875 bits per heavy atom. The minimum Gasteiger partial charge on any atom is -0.345 e. The second-order valence-corrected chi connectivity index (χ2v) is 9.30. The fraction of sp³-hybridized carbons (Fsp3) is 0.0909. The number of benzene rings is 4. The third kappa shape index (κ3) is 6.14. The number of fused-ring (bicyclic) bond motifs is 1. The molecular formula is C33H27N5O2. The summed E-state index contributed by atoms with van der Waals surface area (Å²) in [5, 5.41) is 17.7. The third-order valence-electron chi connectivity index (χ3n) is 6.62. The van der Waals surface area contributed by atoms with Gasteiger partial charge in [0.05, 0.1) is 30.3 Å². The minimum atomic E-state index is -0.522. The molecule has 0 fully saturated rings. The van der Waals surface area contributed by atoms with Crippen LogP contribution in [0.5, 0.6) is 0 Å². The van der Waals surface area contributed by atoms with E-state index in [9.17, 15) is 14.9 Å². The molecule has 0 bridgehead atoms. The maximum absolute atomic E-state index is 12.9. The molecule has 0 radical (unpaired) electrons. The van der Waals surface area contributed by atoms with E-state index in [0.717, 1.165) is 27.6 Å². The Morgan fingerprint density at radius 2 is 1.55 bits per heavy atom. The van der Waals surface area contributed by atoms with E-state index in [4.69, 9.17) is 0 Å². The van der Waals surface area contributed by atoms with Crippen molar-refractivity contribution in [3.8, 4) is 6.07 Å². The summed E-state index contributed by atoms with van der Waals surface area (Å²) in [6.07, 6.45) is 3.60. The first-order chi connectivity index (χ1) is 19.6. The highest BCUT2D eigenvalue weighted by Crippen LogP contribution is 2.22. The standard InChI is InChI=1S/C33H27N5O2/c34-20-26-15-7-8-16-27(26)22-38-23-28(29-17-9-10-18-31(29)38)21-35-37-32(39)19-30(24-11-3-1-4-12-24)36-33(40)25-13-5-2-6-14-25/h1-18,21,23,30H,19,22H2,(H,36,40)(H,37,39)/b35-21-/t30-/m0/s1. The second kappa shape index (κ2) is 12.4. The van der Waals surface area contributed by atoms with Gasteiger partial charge >= 0.3 is 0 Å². The van der Waals surface area contributed by atoms with E-state index in [1.807, 2.05) is 91.1 Å². The van der Waals surface area contributed by atoms with Crippen LogP contribution in [-0.2, 0) is 11.3 Å². The molecular weight excluding hydrogens is 498 g/mol. The van der Waals surface area contributed by atoms with Gasteiger partial charge in [-0.3, -0.25) is 9.59 Å². The van der Waals surface area contributed by atoms with Crippen molar-refractivity contribution in [3.05, 3.63) is 143 Å². The Morgan fingerprint density at radius 3 is 2.33 bits per heavy atom. The van der Waals surface area contributed by atoms with Crippen LogP contribution < -0.4 is 10.7 Å². The van der Waals surface area contributed by atoms with E-state index in [1.165, 1.54) is 0 Å². The first-order valence-electron chi connectivity index (χ1n) is 12.9. The first kappa shape index (κ1) is 26.1. The van der Waals surface area contributed by atoms with Gasteiger partial charge < -0.3 is 9.88 Å². The molecule has 1 heterocycles. The Hall–Kier alpha value is -5.48. The zero-order valence-corrected chi connectivity index (χ0v) is 21.7. The van der Waals surface area contributed by atoms with Crippen molar-refractivity contribution in [2.24, 2.45) is 5.10 Å². The maximum atomic E-state index is 12.9.